The number of likely N-dealkylation sites (N-methyl/N-ethyl adjacent to an activating group) is 1. The zero-order chi connectivity index (χ0) is 20.1. The summed E-state index contributed by atoms with van der Waals surface area (Å²) in [6.07, 6.45) is 1.71. The average molecular weight is 402 g/mol. The zero-order valence-corrected chi connectivity index (χ0v) is 15.6. The van der Waals surface area contributed by atoms with Gasteiger partial charge in [0.05, 0.1) is 43.2 Å². The second kappa shape index (κ2) is 6.61. The lowest BCUT2D eigenvalue weighted by molar-refractivity contribution is 0.129. The van der Waals surface area contributed by atoms with Gasteiger partial charge in [-0.2, -0.15) is 0 Å². The lowest BCUT2D eigenvalue weighted by atomic mass is 10.2. The summed E-state index contributed by atoms with van der Waals surface area (Å²) >= 11 is 0. The molecule has 0 bridgehead atoms. The van der Waals surface area contributed by atoms with Crippen molar-refractivity contribution in [3.63, 3.8) is 0 Å². The van der Waals surface area contributed by atoms with Gasteiger partial charge in [0, 0.05) is 19.8 Å². The van der Waals surface area contributed by atoms with Crippen LogP contribution in [0.3, 0.4) is 0 Å². The van der Waals surface area contributed by atoms with Crippen molar-refractivity contribution in [2.75, 3.05) is 36.5 Å². The highest BCUT2D eigenvalue weighted by molar-refractivity contribution is 5.90. The lowest BCUT2D eigenvalue weighted by Crippen LogP contribution is -2.34. The number of anilines is 2. The number of ether oxygens (including phenoxy) is 2. The molecule has 0 unspecified atom stereocenters. The zero-order valence-electron chi connectivity index (χ0n) is 15.6. The Morgan fingerprint density at radius 1 is 1.17 bits per heavy atom. The molecule has 3 aliphatic rings. The number of amides is 2. The van der Waals surface area contributed by atoms with Gasteiger partial charge in [-0.3, -0.25) is 4.90 Å². The molecule has 0 saturated carbocycles. The highest BCUT2D eigenvalue weighted by Crippen LogP contribution is 2.33. The minimum absolute atomic E-state index is 0.0901. The minimum Gasteiger partial charge on any atom is -0.442 e. The fourth-order valence-electron chi connectivity index (χ4n) is 4.08. The Hall–Kier alpha value is -3.37. The third-order valence-electron chi connectivity index (χ3n) is 5.59. The number of nitrogens with zero attached hydrogens (tertiary/aromatic N) is 6. The Morgan fingerprint density at radius 3 is 2.76 bits per heavy atom. The molecule has 4 heterocycles. The number of fused-ring (bicyclic) bond motifs is 1. The van der Waals surface area contributed by atoms with Gasteiger partial charge in [0.25, 0.3) is 0 Å². The first-order valence-corrected chi connectivity index (χ1v) is 9.30. The van der Waals surface area contributed by atoms with Gasteiger partial charge in [-0.05, 0) is 18.2 Å². The van der Waals surface area contributed by atoms with Crippen LogP contribution in [0.15, 0.2) is 30.6 Å². The Balaban J connectivity index is 1.29. The van der Waals surface area contributed by atoms with E-state index in [-0.39, 0.29) is 18.2 Å². The van der Waals surface area contributed by atoms with Crippen LogP contribution in [0.25, 0.3) is 0 Å². The second-order valence-electron chi connectivity index (χ2n) is 7.38. The number of hydrogen-bond acceptors (Lipinski definition) is 7. The number of hydrogen-bond donors (Lipinski definition) is 0. The highest BCUT2D eigenvalue weighted by atomic mass is 19.1. The molecule has 2 aromatic rings. The van der Waals surface area contributed by atoms with Gasteiger partial charge in [-0.15, -0.1) is 5.10 Å². The van der Waals surface area contributed by atoms with Crippen LogP contribution in [0.4, 0.5) is 25.4 Å². The van der Waals surface area contributed by atoms with Gasteiger partial charge in [0.1, 0.15) is 18.0 Å². The number of rotatable bonds is 4. The van der Waals surface area contributed by atoms with Crippen LogP contribution in [0.1, 0.15) is 0 Å². The molecule has 0 N–H and O–H groups in total. The molecule has 3 aliphatic heterocycles. The van der Waals surface area contributed by atoms with E-state index in [1.807, 2.05) is 4.90 Å². The number of benzene rings is 1. The van der Waals surface area contributed by atoms with Crippen LogP contribution in [0.5, 0.6) is 0 Å². The fourth-order valence-corrected chi connectivity index (χ4v) is 4.08. The topological polar surface area (TPSA) is 93.0 Å². The Bertz CT molecular complexity index is 954. The molecule has 11 heteroatoms. The summed E-state index contributed by atoms with van der Waals surface area (Å²) in [5.74, 6) is -0.441. The monoisotopic (exact) mass is 402 g/mol. The molecule has 0 radical (unpaired) electrons. The molecule has 0 spiro atoms. The molecule has 10 nitrogen and oxygen atoms in total. The van der Waals surface area contributed by atoms with E-state index in [9.17, 15) is 14.0 Å². The summed E-state index contributed by atoms with van der Waals surface area (Å²) in [6, 6.07) is 4.58. The quantitative estimate of drug-likeness (QED) is 0.756. The van der Waals surface area contributed by atoms with E-state index in [1.165, 1.54) is 11.0 Å². The van der Waals surface area contributed by atoms with Crippen LogP contribution in [0.2, 0.25) is 0 Å². The van der Waals surface area contributed by atoms with Crippen molar-refractivity contribution in [2.45, 2.75) is 24.8 Å². The predicted octanol–water partition coefficient (Wildman–Crippen LogP) is 1.08. The van der Waals surface area contributed by atoms with Crippen molar-refractivity contribution in [2.24, 2.45) is 0 Å². The summed E-state index contributed by atoms with van der Waals surface area (Å²) in [6.45, 7) is 1.61. The van der Waals surface area contributed by atoms with E-state index >= 15 is 0 Å². The Kier molecular flexibility index (Phi) is 4.03. The SMILES string of the molecule is CN1C(=O)O[C@@H]2CN(c3ccc(N4C[C@H](Cn5ccnn5)OC4=O)cc3F)C[C@@H]21. The van der Waals surface area contributed by atoms with Crippen molar-refractivity contribution in [1.82, 2.24) is 19.9 Å². The Labute approximate surface area is 165 Å². The number of carbonyl (C=O) groups is 2. The highest BCUT2D eigenvalue weighted by Gasteiger charge is 2.46. The van der Waals surface area contributed by atoms with E-state index in [0.717, 1.165) is 0 Å². The maximum absolute atomic E-state index is 14.9. The first kappa shape index (κ1) is 17.7. The normalized spacial score (nSPS) is 26.1. The van der Waals surface area contributed by atoms with Crippen LogP contribution in [0, 0.1) is 5.82 Å². The summed E-state index contributed by atoms with van der Waals surface area (Å²) < 4.78 is 27.1. The van der Waals surface area contributed by atoms with E-state index < -0.39 is 18.0 Å². The number of carbonyl (C=O) groups excluding carboxylic acids is 2. The third kappa shape index (κ3) is 3.02. The van der Waals surface area contributed by atoms with E-state index in [2.05, 4.69) is 10.3 Å². The van der Waals surface area contributed by atoms with E-state index in [1.54, 1.807) is 41.2 Å². The molecule has 152 valence electrons. The van der Waals surface area contributed by atoms with Crippen molar-refractivity contribution in [3.05, 3.63) is 36.4 Å². The van der Waals surface area contributed by atoms with Gasteiger partial charge in [-0.1, -0.05) is 5.21 Å². The molecule has 1 aromatic heterocycles. The first-order valence-electron chi connectivity index (χ1n) is 9.30. The maximum Gasteiger partial charge on any atom is 0.414 e. The third-order valence-corrected chi connectivity index (χ3v) is 5.59. The van der Waals surface area contributed by atoms with Crippen molar-refractivity contribution in [3.8, 4) is 0 Å². The molecule has 3 atom stereocenters. The smallest absolute Gasteiger partial charge is 0.414 e. The van der Waals surface area contributed by atoms with Crippen LogP contribution >= 0.6 is 0 Å². The molecule has 1 aromatic carbocycles. The van der Waals surface area contributed by atoms with Gasteiger partial charge >= 0.3 is 12.2 Å². The minimum atomic E-state index is -0.522. The molecule has 0 aliphatic carbocycles. The largest absolute Gasteiger partial charge is 0.442 e. The maximum atomic E-state index is 14.9. The van der Waals surface area contributed by atoms with Gasteiger partial charge in [-0.25, -0.2) is 18.7 Å². The summed E-state index contributed by atoms with van der Waals surface area (Å²) in [5.41, 5.74) is 0.847. The molecule has 3 fully saturated rings. The molecule has 3 saturated heterocycles. The van der Waals surface area contributed by atoms with Crippen molar-refractivity contribution < 1.29 is 23.5 Å². The van der Waals surface area contributed by atoms with Crippen LogP contribution in [-0.2, 0) is 16.0 Å². The standard InChI is InChI=1S/C18H19FN6O4/c1-22-15-9-23(10-16(15)29-17(22)26)14-3-2-11(6-13(14)19)25-8-12(28-18(25)27)7-24-5-4-20-21-24/h2-6,12,15-16H,7-10H2,1H3/t12-,15-,16+/m0/s1. The molecular formula is C18H19FN6O4. The van der Waals surface area contributed by atoms with Crippen molar-refractivity contribution in [1.29, 1.82) is 0 Å². The number of cyclic esters (lactones) is 1. The van der Waals surface area contributed by atoms with Gasteiger partial charge < -0.3 is 19.3 Å². The predicted molar refractivity (Wildman–Crippen MR) is 98.1 cm³/mol. The Morgan fingerprint density at radius 2 is 2.03 bits per heavy atom. The summed E-state index contributed by atoms with van der Waals surface area (Å²) in [5, 5.41) is 7.59. The van der Waals surface area contributed by atoms with Crippen LogP contribution in [-0.4, -0.2) is 77.0 Å². The first-order chi connectivity index (χ1) is 14.0. The molecule has 29 heavy (non-hydrogen) atoms. The lowest BCUT2D eigenvalue weighted by Gasteiger charge is -2.23. The van der Waals surface area contributed by atoms with Crippen molar-refractivity contribution >= 4 is 23.6 Å². The summed E-state index contributed by atoms with van der Waals surface area (Å²) in [4.78, 5) is 28.6. The average Bonchev–Trinajstić information content (AvgIpc) is 3.45. The van der Waals surface area contributed by atoms with E-state index in [0.29, 0.717) is 37.6 Å². The van der Waals surface area contributed by atoms with Gasteiger partial charge in [0.2, 0.25) is 0 Å². The van der Waals surface area contributed by atoms with E-state index in [4.69, 9.17) is 9.47 Å². The second-order valence-corrected chi connectivity index (χ2v) is 7.38. The fraction of sp³-hybridized carbons (Fsp3) is 0.444. The summed E-state index contributed by atoms with van der Waals surface area (Å²) in [7, 11) is 1.69. The van der Waals surface area contributed by atoms with Gasteiger partial charge in [0.15, 0.2) is 0 Å². The molecular weight excluding hydrogens is 383 g/mol. The molecule has 2 amide bonds. The number of halogens is 1. The number of aromatic nitrogens is 3. The van der Waals surface area contributed by atoms with Crippen LogP contribution < -0.4 is 9.80 Å². The molecule has 5 rings (SSSR count).